The van der Waals surface area contributed by atoms with Gasteiger partial charge in [-0.05, 0) is 54.8 Å². The van der Waals surface area contributed by atoms with Crippen LogP contribution in [-0.2, 0) is 23.0 Å². The van der Waals surface area contributed by atoms with Crippen LogP contribution >= 0.6 is 0 Å². The van der Waals surface area contributed by atoms with Gasteiger partial charge in [-0.15, -0.1) is 0 Å². The molecule has 0 saturated heterocycles. The van der Waals surface area contributed by atoms with E-state index < -0.39 is 10.0 Å². The van der Waals surface area contributed by atoms with Gasteiger partial charge >= 0.3 is 0 Å². The molecule has 1 aliphatic heterocycles. The van der Waals surface area contributed by atoms with Crippen molar-refractivity contribution in [2.24, 2.45) is 0 Å². The van der Waals surface area contributed by atoms with Crippen molar-refractivity contribution in [1.82, 2.24) is 4.31 Å². The second-order valence-corrected chi connectivity index (χ2v) is 9.48. The summed E-state index contributed by atoms with van der Waals surface area (Å²) in [5.41, 5.74) is 4.03. The van der Waals surface area contributed by atoms with Gasteiger partial charge in [0.2, 0.25) is 10.0 Å². The predicted octanol–water partition coefficient (Wildman–Crippen LogP) is 4.00. The molecule has 0 fully saturated rings. The molecule has 3 aromatic carbocycles. The van der Waals surface area contributed by atoms with E-state index in [-0.39, 0.29) is 10.8 Å². The Hall–Kier alpha value is -3.16. The van der Waals surface area contributed by atoms with Gasteiger partial charge in [-0.1, -0.05) is 42.0 Å². The summed E-state index contributed by atoms with van der Waals surface area (Å²) in [5.74, 6) is 0.0585. The second-order valence-electron chi connectivity index (χ2n) is 7.54. The fraction of sp³-hybridized carbons (Fsp3) is 0.208. The van der Waals surface area contributed by atoms with E-state index in [1.807, 2.05) is 43.3 Å². The number of nitrogens with one attached hydrogen (secondary N) is 1. The molecule has 1 N–H and O–H groups in total. The van der Waals surface area contributed by atoms with Crippen molar-refractivity contribution in [3.05, 3.63) is 89.0 Å². The number of hydrogen-bond acceptors (Lipinski definition) is 4. The number of fused-ring (bicyclic) bond motifs is 1. The third kappa shape index (κ3) is 4.33. The van der Waals surface area contributed by atoms with Crippen molar-refractivity contribution in [1.29, 1.82) is 0 Å². The van der Waals surface area contributed by atoms with E-state index in [0.29, 0.717) is 36.5 Å². The van der Waals surface area contributed by atoms with E-state index >= 15 is 0 Å². The Labute approximate surface area is 182 Å². The van der Waals surface area contributed by atoms with Gasteiger partial charge in [-0.3, -0.25) is 4.79 Å². The van der Waals surface area contributed by atoms with Crippen LogP contribution in [0.15, 0.2) is 71.6 Å². The lowest BCUT2D eigenvalue weighted by Gasteiger charge is -2.28. The standard InChI is InChI=1S/C24H24N2O4S/c1-17-7-9-19(10-8-17)24(27)25-22-15-21(11-12-23(22)30-2)31(28,29)26-14-13-18-5-3-4-6-20(18)16-26/h3-12,15H,13-14,16H2,1-2H3,(H,25,27). The lowest BCUT2D eigenvalue weighted by Crippen LogP contribution is -2.36. The van der Waals surface area contributed by atoms with Gasteiger partial charge in [-0.2, -0.15) is 4.31 Å². The summed E-state index contributed by atoms with van der Waals surface area (Å²) in [6.07, 6.45) is 0.669. The molecule has 3 aromatic rings. The normalized spacial score (nSPS) is 14.0. The quantitative estimate of drug-likeness (QED) is 0.656. The Morgan fingerprint density at radius 1 is 1.00 bits per heavy atom. The number of nitrogens with zero attached hydrogens (tertiary/aromatic N) is 1. The van der Waals surface area contributed by atoms with Crippen LogP contribution in [0.1, 0.15) is 27.0 Å². The molecule has 0 bridgehead atoms. The average molecular weight is 437 g/mol. The van der Waals surface area contributed by atoms with E-state index in [9.17, 15) is 13.2 Å². The minimum atomic E-state index is -3.73. The molecule has 0 unspecified atom stereocenters. The first-order valence-electron chi connectivity index (χ1n) is 10.0. The Morgan fingerprint density at radius 2 is 1.71 bits per heavy atom. The van der Waals surface area contributed by atoms with Crippen LogP contribution in [0.4, 0.5) is 5.69 Å². The van der Waals surface area contributed by atoms with Gasteiger partial charge in [0.25, 0.3) is 5.91 Å². The van der Waals surface area contributed by atoms with E-state index in [4.69, 9.17) is 4.74 Å². The van der Waals surface area contributed by atoms with Crippen LogP contribution in [0, 0.1) is 6.92 Å². The summed E-state index contributed by atoms with van der Waals surface area (Å²) in [5, 5.41) is 2.78. The fourth-order valence-electron chi connectivity index (χ4n) is 3.67. The number of rotatable bonds is 5. The lowest BCUT2D eigenvalue weighted by molar-refractivity contribution is 0.102. The third-order valence-electron chi connectivity index (χ3n) is 5.47. The number of anilines is 1. The van der Waals surface area contributed by atoms with Crippen LogP contribution in [-0.4, -0.2) is 32.3 Å². The number of hydrogen-bond donors (Lipinski definition) is 1. The van der Waals surface area contributed by atoms with Crippen molar-refractivity contribution in [2.45, 2.75) is 24.8 Å². The Morgan fingerprint density at radius 3 is 2.42 bits per heavy atom. The highest BCUT2D eigenvalue weighted by Crippen LogP contribution is 2.31. The fourth-order valence-corrected chi connectivity index (χ4v) is 5.11. The number of methoxy groups -OCH3 is 1. The van der Waals surface area contributed by atoms with Crippen molar-refractivity contribution < 1.29 is 17.9 Å². The number of benzene rings is 3. The molecule has 1 heterocycles. The molecule has 7 heteroatoms. The smallest absolute Gasteiger partial charge is 0.255 e. The van der Waals surface area contributed by atoms with Crippen LogP contribution in [0.3, 0.4) is 0 Å². The van der Waals surface area contributed by atoms with Crippen molar-refractivity contribution >= 4 is 21.6 Å². The predicted molar refractivity (Wildman–Crippen MR) is 120 cm³/mol. The number of carbonyl (C=O) groups is 1. The second kappa shape index (κ2) is 8.53. The summed E-state index contributed by atoms with van der Waals surface area (Å²) >= 11 is 0. The van der Waals surface area contributed by atoms with Crippen LogP contribution in [0.2, 0.25) is 0 Å². The number of aryl methyl sites for hydroxylation is 1. The zero-order valence-electron chi connectivity index (χ0n) is 17.5. The van der Waals surface area contributed by atoms with E-state index in [1.165, 1.54) is 29.1 Å². The first-order valence-corrected chi connectivity index (χ1v) is 11.5. The summed E-state index contributed by atoms with van der Waals surface area (Å²) in [4.78, 5) is 12.8. The van der Waals surface area contributed by atoms with Gasteiger partial charge in [0.15, 0.2) is 0 Å². The molecule has 0 aromatic heterocycles. The van der Waals surface area contributed by atoms with E-state index in [1.54, 1.807) is 18.2 Å². The van der Waals surface area contributed by atoms with Gasteiger partial charge < -0.3 is 10.1 Å². The summed E-state index contributed by atoms with van der Waals surface area (Å²) in [7, 11) is -2.25. The molecule has 6 nitrogen and oxygen atoms in total. The third-order valence-corrected chi connectivity index (χ3v) is 7.31. The Kier molecular flexibility index (Phi) is 5.80. The summed E-state index contributed by atoms with van der Waals surface area (Å²) < 4.78 is 33.4. The molecule has 0 atom stereocenters. The molecular weight excluding hydrogens is 412 g/mol. The van der Waals surface area contributed by atoms with Crippen molar-refractivity contribution in [2.75, 3.05) is 19.0 Å². The highest BCUT2D eigenvalue weighted by molar-refractivity contribution is 7.89. The van der Waals surface area contributed by atoms with Crippen LogP contribution in [0.25, 0.3) is 0 Å². The van der Waals surface area contributed by atoms with E-state index in [0.717, 1.165) is 11.1 Å². The molecule has 0 spiro atoms. The molecule has 4 rings (SSSR count). The zero-order valence-corrected chi connectivity index (χ0v) is 18.3. The molecule has 0 aliphatic carbocycles. The number of carbonyl (C=O) groups excluding carboxylic acids is 1. The van der Waals surface area contributed by atoms with Crippen LogP contribution < -0.4 is 10.1 Å². The van der Waals surface area contributed by atoms with Crippen molar-refractivity contribution in [3.63, 3.8) is 0 Å². The Bertz CT molecular complexity index is 1220. The van der Waals surface area contributed by atoms with Gasteiger partial charge in [0.05, 0.1) is 17.7 Å². The number of amides is 1. The topological polar surface area (TPSA) is 75.7 Å². The molecule has 0 saturated carbocycles. The number of sulfonamides is 1. The van der Waals surface area contributed by atoms with Gasteiger partial charge in [0, 0.05) is 18.7 Å². The molecule has 1 aliphatic rings. The first-order chi connectivity index (χ1) is 14.9. The van der Waals surface area contributed by atoms with Crippen LogP contribution in [0.5, 0.6) is 5.75 Å². The monoisotopic (exact) mass is 436 g/mol. The first kappa shape index (κ1) is 21.1. The lowest BCUT2D eigenvalue weighted by atomic mass is 10.0. The maximum atomic E-state index is 13.3. The molecule has 160 valence electrons. The minimum absolute atomic E-state index is 0.117. The summed E-state index contributed by atoms with van der Waals surface area (Å²) in [6, 6.07) is 19.6. The molecule has 0 radical (unpaired) electrons. The van der Waals surface area contributed by atoms with Crippen molar-refractivity contribution in [3.8, 4) is 5.75 Å². The maximum absolute atomic E-state index is 13.3. The average Bonchev–Trinajstić information content (AvgIpc) is 2.79. The van der Waals surface area contributed by atoms with Gasteiger partial charge in [-0.25, -0.2) is 8.42 Å². The molecule has 1 amide bonds. The van der Waals surface area contributed by atoms with Gasteiger partial charge in [0.1, 0.15) is 5.75 Å². The highest BCUT2D eigenvalue weighted by Gasteiger charge is 2.29. The SMILES string of the molecule is COc1ccc(S(=O)(=O)N2CCc3ccccc3C2)cc1NC(=O)c1ccc(C)cc1. The molecular formula is C24H24N2O4S. The summed E-state index contributed by atoms with van der Waals surface area (Å²) in [6.45, 7) is 2.68. The minimum Gasteiger partial charge on any atom is -0.495 e. The Balaban J connectivity index is 1.62. The zero-order chi connectivity index (χ0) is 22.0. The number of ether oxygens (including phenoxy) is 1. The molecule has 31 heavy (non-hydrogen) atoms. The highest BCUT2D eigenvalue weighted by atomic mass is 32.2. The maximum Gasteiger partial charge on any atom is 0.255 e. The largest absolute Gasteiger partial charge is 0.495 e. The van der Waals surface area contributed by atoms with E-state index in [2.05, 4.69) is 5.32 Å².